The maximum Gasteiger partial charge on any atom is 0.325 e. The molecule has 0 bridgehead atoms. The van der Waals surface area contributed by atoms with E-state index in [2.05, 4.69) is 31.1 Å². The molecule has 3 unspecified atom stereocenters. The fraction of sp³-hybridized carbons (Fsp3) is 0.938. The van der Waals surface area contributed by atoms with Crippen LogP contribution in [0.3, 0.4) is 0 Å². The van der Waals surface area contributed by atoms with Crippen LogP contribution in [0.2, 0.25) is 0 Å². The lowest BCUT2D eigenvalue weighted by atomic mass is 9.95. The van der Waals surface area contributed by atoms with Gasteiger partial charge in [-0.05, 0) is 64.6 Å². The van der Waals surface area contributed by atoms with Crippen LogP contribution in [-0.4, -0.2) is 50.2 Å². The van der Waals surface area contributed by atoms with Gasteiger partial charge in [0.15, 0.2) is 0 Å². The Morgan fingerprint density at radius 2 is 2.15 bits per heavy atom. The molecule has 1 aliphatic rings. The van der Waals surface area contributed by atoms with Gasteiger partial charge in [0.1, 0.15) is 5.54 Å². The number of methoxy groups -OCH3 is 1. The highest BCUT2D eigenvalue weighted by atomic mass is 16.5. The molecule has 0 aromatic heterocycles. The van der Waals surface area contributed by atoms with E-state index in [0.717, 1.165) is 44.2 Å². The molecule has 118 valence electrons. The van der Waals surface area contributed by atoms with Gasteiger partial charge in [0.05, 0.1) is 7.11 Å². The van der Waals surface area contributed by atoms with Crippen molar-refractivity contribution < 1.29 is 9.53 Å². The van der Waals surface area contributed by atoms with Crippen molar-refractivity contribution in [1.29, 1.82) is 0 Å². The van der Waals surface area contributed by atoms with Crippen LogP contribution in [0.1, 0.15) is 46.5 Å². The Labute approximate surface area is 124 Å². The molecule has 4 heteroatoms. The molecule has 1 aliphatic carbocycles. The Kier molecular flexibility index (Phi) is 6.96. The minimum absolute atomic E-state index is 0.149. The normalized spacial score (nSPS) is 24.5. The summed E-state index contributed by atoms with van der Waals surface area (Å²) >= 11 is 0. The molecule has 0 saturated heterocycles. The third-order valence-corrected chi connectivity index (χ3v) is 4.44. The van der Waals surface area contributed by atoms with Gasteiger partial charge in [0, 0.05) is 6.54 Å². The van der Waals surface area contributed by atoms with Gasteiger partial charge >= 0.3 is 5.97 Å². The van der Waals surface area contributed by atoms with E-state index in [9.17, 15) is 4.79 Å². The minimum atomic E-state index is -0.543. The van der Waals surface area contributed by atoms with Gasteiger partial charge in [-0.25, -0.2) is 0 Å². The van der Waals surface area contributed by atoms with Crippen molar-refractivity contribution in [3.63, 3.8) is 0 Å². The molecule has 1 rings (SSSR count). The molecule has 0 aliphatic heterocycles. The summed E-state index contributed by atoms with van der Waals surface area (Å²) in [7, 11) is 3.65. The van der Waals surface area contributed by atoms with Crippen molar-refractivity contribution in [3.05, 3.63) is 0 Å². The Morgan fingerprint density at radius 3 is 2.65 bits per heavy atom. The lowest BCUT2D eigenvalue weighted by Gasteiger charge is -2.29. The third-order valence-electron chi connectivity index (χ3n) is 4.44. The summed E-state index contributed by atoms with van der Waals surface area (Å²) in [6.07, 6.45) is 4.23. The smallest absolute Gasteiger partial charge is 0.325 e. The van der Waals surface area contributed by atoms with Crippen LogP contribution in [-0.2, 0) is 9.53 Å². The molecule has 0 heterocycles. The molecule has 20 heavy (non-hydrogen) atoms. The molecule has 1 N–H and O–H groups in total. The second kappa shape index (κ2) is 7.99. The van der Waals surface area contributed by atoms with E-state index >= 15 is 0 Å². The largest absolute Gasteiger partial charge is 0.468 e. The predicted molar refractivity (Wildman–Crippen MR) is 82.7 cm³/mol. The SMILES string of the molecule is CCCNC(C)(CCCN(C)CC1CC1C)C(=O)OC. The summed E-state index contributed by atoms with van der Waals surface area (Å²) in [5, 5.41) is 3.34. The van der Waals surface area contributed by atoms with E-state index in [-0.39, 0.29) is 5.97 Å². The first-order valence-corrected chi connectivity index (χ1v) is 7.95. The fourth-order valence-electron chi connectivity index (χ4n) is 2.74. The maximum atomic E-state index is 11.9. The monoisotopic (exact) mass is 284 g/mol. The summed E-state index contributed by atoms with van der Waals surface area (Å²) < 4.78 is 4.94. The average Bonchev–Trinajstić information content (AvgIpc) is 3.10. The van der Waals surface area contributed by atoms with Crippen LogP contribution in [0.25, 0.3) is 0 Å². The van der Waals surface area contributed by atoms with Crippen LogP contribution in [0, 0.1) is 11.8 Å². The summed E-state index contributed by atoms with van der Waals surface area (Å²) in [6, 6.07) is 0. The van der Waals surface area contributed by atoms with Gasteiger partial charge in [-0.2, -0.15) is 0 Å². The fourth-order valence-corrected chi connectivity index (χ4v) is 2.74. The number of carbonyl (C=O) groups excluding carboxylic acids is 1. The first-order valence-electron chi connectivity index (χ1n) is 7.95. The Bertz CT molecular complexity index is 309. The number of carbonyl (C=O) groups is 1. The highest BCUT2D eigenvalue weighted by Gasteiger charge is 2.34. The van der Waals surface area contributed by atoms with Crippen molar-refractivity contribution in [1.82, 2.24) is 10.2 Å². The third kappa shape index (κ3) is 5.41. The number of nitrogens with one attached hydrogen (secondary N) is 1. The van der Waals surface area contributed by atoms with E-state index in [0.29, 0.717) is 0 Å². The zero-order chi connectivity index (χ0) is 15.2. The number of esters is 1. The van der Waals surface area contributed by atoms with Crippen LogP contribution in [0.15, 0.2) is 0 Å². The van der Waals surface area contributed by atoms with Gasteiger partial charge in [-0.15, -0.1) is 0 Å². The van der Waals surface area contributed by atoms with E-state index in [1.807, 2.05) is 6.92 Å². The lowest BCUT2D eigenvalue weighted by Crippen LogP contribution is -2.50. The van der Waals surface area contributed by atoms with Crippen molar-refractivity contribution in [3.8, 4) is 0 Å². The first-order chi connectivity index (χ1) is 9.42. The van der Waals surface area contributed by atoms with Crippen LogP contribution >= 0.6 is 0 Å². The second-order valence-corrected chi connectivity index (χ2v) is 6.59. The molecule has 1 saturated carbocycles. The second-order valence-electron chi connectivity index (χ2n) is 6.59. The number of nitrogens with zero attached hydrogens (tertiary/aromatic N) is 1. The molecule has 0 radical (unpaired) electrons. The lowest BCUT2D eigenvalue weighted by molar-refractivity contribution is -0.148. The highest BCUT2D eigenvalue weighted by molar-refractivity contribution is 5.80. The summed E-state index contributed by atoms with van der Waals surface area (Å²) in [6.45, 7) is 9.47. The molecule has 3 atom stereocenters. The van der Waals surface area contributed by atoms with Gasteiger partial charge in [-0.3, -0.25) is 4.79 Å². The number of rotatable bonds is 10. The topological polar surface area (TPSA) is 41.6 Å². The summed E-state index contributed by atoms with van der Waals surface area (Å²) in [5.41, 5.74) is -0.543. The van der Waals surface area contributed by atoms with E-state index < -0.39 is 5.54 Å². The molecule has 1 fully saturated rings. The number of hydrogen-bond donors (Lipinski definition) is 1. The first kappa shape index (κ1) is 17.4. The summed E-state index contributed by atoms with van der Waals surface area (Å²) in [5.74, 6) is 1.65. The average molecular weight is 284 g/mol. The van der Waals surface area contributed by atoms with Crippen LogP contribution in [0.4, 0.5) is 0 Å². The molecule has 0 spiro atoms. The summed E-state index contributed by atoms with van der Waals surface area (Å²) in [4.78, 5) is 14.3. The molecular formula is C16H32N2O2. The molecule has 0 amide bonds. The van der Waals surface area contributed by atoms with Gasteiger partial charge < -0.3 is 15.0 Å². The maximum absolute atomic E-state index is 11.9. The quantitative estimate of drug-likeness (QED) is 0.625. The van der Waals surface area contributed by atoms with E-state index in [1.165, 1.54) is 20.1 Å². The minimum Gasteiger partial charge on any atom is -0.468 e. The Hall–Kier alpha value is -0.610. The number of ether oxygens (including phenoxy) is 1. The number of hydrogen-bond acceptors (Lipinski definition) is 4. The standard InChI is InChI=1S/C16H32N2O2/c1-6-9-17-16(3,15(19)20-5)8-7-10-18(4)12-14-11-13(14)2/h13-14,17H,6-12H2,1-5H3. The van der Waals surface area contributed by atoms with Crippen molar-refractivity contribution in [2.24, 2.45) is 11.8 Å². The van der Waals surface area contributed by atoms with Gasteiger partial charge in [-0.1, -0.05) is 13.8 Å². The van der Waals surface area contributed by atoms with Crippen molar-refractivity contribution >= 4 is 5.97 Å². The van der Waals surface area contributed by atoms with Gasteiger partial charge in [0.2, 0.25) is 0 Å². The Balaban J connectivity index is 2.31. The zero-order valence-corrected chi connectivity index (χ0v) is 13.9. The van der Waals surface area contributed by atoms with Crippen LogP contribution < -0.4 is 5.32 Å². The highest BCUT2D eigenvalue weighted by Crippen LogP contribution is 2.37. The van der Waals surface area contributed by atoms with Gasteiger partial charge in [0.25, 0.3) is 0 Å². The van der Waals surface area contributed by atoms with E-state index in [1.54, 1.807) is 0 Å². The van der Waals surface area contributed by atoms with Crippen molar-refractivity contribution in [2.45, 2.75) is 52.0 Å². The molecule has 4 nitrogen and oxygen atoms in total. The molecule has 0 aromatic carbocycles. The molecular weight excluding hydrogens is 252 g/mol. The Morgan fingerprint density at radius 1 is 1.50 bits per heavy atom. The predicted octanol–water partition coefficient (Wildman–Crippen LogP) is 2.29. The van der Waals surface area contributed by atoms with Crippen molar-refractivity contribution in [2.75, 3.05) is 33.8 Å². The molecule has 0 aromatic rings. The van der Waals surface area contributed by atoms with Crippen LogP contribution in [0.5, 0.6) is 0 Å². The van der Waals surface area contributed by atoms with E-state index in [4.69, 9.17) is 4.74 Å². The zero-order valence-electron chi connectivity index (χ0n) is 13.9.